The van der Waals surface area contributed by atoms with Crippen LogP contribution in [-0.2, 0) is 6.42 Å². The van der Waals surface area contributed by atoms with Crippen LogP contribution in [0.2, 0.25) is 0 Å². The van der Waals surface area contributed by atoms with Crippen LogP contribution in [0.25, 0.3) is 11.0 Å². The molecule has 0 radical (unpaired) electrons. The molecular formula is C25H18N2O5. The van der Waals surface area contributed by atoms with Crippen molar-refractivity contribution < 1.29 is 14.1 Å². The summed E-state index contributed by atoms with van der Waals surface area (Å²) >= 11 is 0. The lowest BCUT2D eigenvalue weighted by Gasteiger charge is -2.25. The highest BCUT2D eigenvalue weighted by molar-refractivity contribution is 5.99. The van der Waals surface area contributed by atoms with Crippen molar-refractivity contribution in [3.63, 3.8) is 0 Å². The van der Waals surface area contributed by atoms with Crippen molar-refractivity contribution in [3.05, 3.63) is 122 Å². The van der Waals surface area contributed by atoms with Crippen LogP contribution in [-0.4, -0.2) is 22.3 Å². The molecular weight excluding hydrogens is 408 g/mol. The summed E-state index contributed by atoms with van der Waals surface area (Å²) < 4.78 is 5.88. The topological polar surface area (TPSA) is 93.7 Å². The first-order valence-corrected chi connectivity index (χ1v) is 10.2. The number of non-ortho nitro benzene ring substituents is 1. The van der Waals surface area contributed by atoms with Gasteiger partial charge in [0.05, 0.1) is 21.9 Å². The van der Waals surface area contributed by atoms with Gasteiger partial charge < -0.3 is 9.32 Å². The van der Waals surface area contributed by atoms with Crippen molar-refractivity contribution in [3.8, 4) is 0 Å². The number of fused-ring (bicyclic) bond motifs is 2. The van der Waals surface area contributed by atoms with E-state index in [0.717, 1.165) is 5.56 Å². The summed E-state index contributed by atoms with van der Waals surface area (Å²) in [6, 6.07) is 21.8. The maximum atomic E-state index is 13.4. The summed E-state index contributed by atoms with van der Waals surface area (Å²) in [4.78, 5) is 39.2. The molecule has 2 heterocycles. The van der Waals surface area contributed by atoms with Gasteiger partial charge in [0.15, 0.2) is 5.43 Å². The van der Waals surface area contributed by atoms with Crippen LogP contribution in [0.3, 0.4) is 0 Å². The minimum absolute atomic E-state index is 0.00160. The van der Waals surface area contributed by atoms with Crippen molar-refractivity contribution in [2.75, 3.05) is 6.54 Å². The van der Waals surface area contributed by atoms with Crippen LogP contribution in [0.15, 0.2) is 88.1 Å². The van der Waals surface area contributed by atoms with E-state index in [0.29, 0.717) is 29.5 Å². The summed E-state index contributed by atoms with van der Waals surface area (Å²) in [7, 11) is 0. The number of para-hydroxylation sites is 1. The molecule has 0 fully saturated rings. The van der Waals surface area contributed by atoms with Crippen LogP contribution >= 0.6 is 0 Å². The minimum Gasteiger partial charge on any atom is -0.450 e. The Morgan fingerprint density at radius 3 is 2.47 bits per heavy atom. The number of rotatable bonds is 5. The molecule has 1 aliphatic heterocycles. The molecule has 0 saturated heterocycles. The molecule has 1 aromatic heterocycles. The zero-order valence-electron chi connectivity index (χ0n) is 16.9. The SMILES string of the molecule is O=C1c2oc3ccccc3c(=O)c2[C@@H](c2cccc([N+](=O)[O-])c2)N1CCc1ccccc1. The van der Waals surface area contributed by atoms with Gasteiger partial charge in [0.2, 0.25) is 5.76 Å². The van der Waals surface area contributed by atoms with E-state index in [1.54, 1.807) is 41.3 Å². The third kappa shape index (κ3) is 3.24. The van der Waals surface area contributed by atoms with Crippen molar-refractivity contribution in [2.24, 2.45) is 0 Å². The van der Waals surface area contributed by atoms with E-state index in [1.165, 1.54) is 12.1 Å². The average Bonchev–Trinajstić information content (AvgIpc) is 3.10. The van der Waals surface area contributed by atoms with Crippen molar-refractivity contribution in [1.29, 1.82) is 0 Å². The third-order valence-electron chi connectivity index (χ3n) is 5.75. The summed E-state index contributed by atoms with van der Waals surface area (Å²) in [5, 5.41) is 11.7. The normalized spacial score (nSPS) is 15.2. The fourth-order valence-corrected chi connectivity index (χ4v) is 4.25. The number of hydrogen-bond acceptors (Lipinski definition) is 5. The van der Waals surface area contributed by atoms with Gasteiger partial charge >= 0.3 is 0 Å². The van der Waals surface area contributed by atoms with Crippen LogP contribution in [0, 0.1) is 10.1 Å². The Morgan fingerprint density at radius 1 is 0.938 bits per heavy atom. The Labute approximate surface area is 182 Å². The lowest BCUT2D eigenvalue weighted by Crippen LogP contribution is -2.31. The van der Waals surface area contributed by atoms with Gasteiger partial charge in [-0.2, -0.15) is 0 Å². The van der Waals surface area contributed by atoms with Gasteiger partial charge in [0.1, 0.15) is 5.58 Å². The molecule has 4 aromatic rings. The molecule has 0 aliphatic carbocycles. The molecule has 0 unspecified atom stereocenters. The van der Waals surface area contributed by atoms with E-state index in [1.807, 2.05) is 30.3 Å². The fourth-order valence-electron chi connectivity index (χ4n) is 4.25. The molecule has 5 rings (SSSR count). The Bertz CT molecular complexity index is 1410. The van der Waals surface area contributed by atoms with Gasteiger partial charge in [-0.15, -0.1) is 0 Å². The van der Waals surface area contributed by atoms with Crippen LogP contribution < -0.4 is 5.43 Å². The number of nitro groups is 1. The molecule has 0 N–H and O–H groups in total. The second kappa shape index (κ2) is 7.77. The van der Waals surface area contributed by atoms with Crippen molar-refractivity contribution >= 4 is 22.6 Å². The monoisotopic (exact) mass is 426 g/mol. The molecule has 0 bridgehead atoms. The number of benzene rings is 3. The van der Waals surface area contributed by atoms with Gasteiger partial charge in [0.25, 0.3) is 11.6 Å². The molecule has 3 aromatic carbocycles. The molecule has 7 nitrogen and oxygen atoms in total. The number of carbonyl (C=O) groups excluding carboxylic acids is 1. The van der Waals surface area contributed by atoms with E-state index >= 15 is 0 Å². The van der Waals surface area contributed by atoms with E-state index in [-0.39, 0.29) is 22.4 Å². The van der Waals surface area contributed by atoms with Crippen LogP contribution in [0.4, 0.5) is 5.69 Å². The highest BCUT2D eigenvalue weighted by Gasteiger charge is 2.42. The van der Waals surface area contributed by atoms with E-state index in [4.69, 9.17) is 4.42 Å². The fraction of sp³-hybridized carbons (Fsp3) is 0.120. The van der Waals surface area contributed by atoms with E-state index in [2.05, 4.69) is 0 Å². The molecule has 0 saturated carbocycles. The molecule has 7 heteroatoms. The quantitative estimate of drug-likeness (QED) is 0.346. The first kappa shape index (κ1) is 19.7. The van der Waals surface area contributed by atoms with Gasteiger partial charge in [-0.05, 0) is 29.7 Å². The Morgan fingerprint density at radius 2 is 1.69 bits per heavy atom. The zero-order valence-corrected chi connectivity index (χ0v) is 16.9. The largest absolute Gasteiger partial charge is 0.450 e. The predicted molar refractivity (Wildman–Crippen MR) is 119 cm³/mol. The van der Waals surface area contributed by atoms with Crippen LogP contribution in [0.5, 0.6) is 0 Å². The highest BCUT2D eigenvalue weighted by atomic mass is 16.6. The lowest BCUT2D eigenvalue weighted by molar-refractivity contribution is -0.384. The number of carbonyl (C=O) groups is 1. The number of nitro benzene ring substituents is 1. The van der Waals surface area contributed by atoms with Gasteiger partial charge in [-0.1, -0.05) is 54.6 Å². The second-order valence-electron chi connectivity index (χ2n) is 7.66. The summed E-state index contributed by atoms with van der Waals surface area (Å²) in [6.07, 6.45) is 0.569. The molecule has 1 aliphatic rings. The molecule has 1 atom stereocenters. The second-order valence-corrected chi connectivity index (χ2v) is 7.66. The van der Waals surface area contributed by atoms with Crippen LogP contribution in [0.1, 0.15) is 33.3 Å². The van der Waals surface area contributed by atoms with Gasteiger partial charge in [-0.25, -0.2) is 0 Å². The first-order valence-electron chi connectivity index (χ1n) is 10.2. The Balaban J connectivity index is 1.66. The standard InChI is InChI=1S/C25H18N2O5/c28-23-19-11-4-5-12-20(19)32-24-21(23)22(17-9-6-10-18(15-17)27(30)31)26(25(24)29)14-13-16-7-2-1-3-8-16/h1-12,15,22H,13-14H2/t22-/m1/s1. The number of amides is 1. The van der Waals surface area contributed by atoms with E-state index < -0.39 is 16.9 Å². The van der Waals surface area contributed by atoms with Gasteiger partial charge in [-0.3, -0.25) is 19.7 Å². The minimum atomic E-state index is -0.762. The number of hydrogen-bond donors (Lipinski definition) is 0. The Kier molecular flexibility index (Phi) is 4.78. The summed E-state index contributed by atoms with van der Waals surface area (Å²) in [6.45, 7) is 0.330. The first-order chi connectivity index (χ1) is 15.5. The van der Waals surface area contributed by atoms with Crippen molar-refractivity contribution in [2.45, 2.75) is 12.5 Å². The highest BCUT2D eigenvalue weighted by Crippen LogP contribution is 2.39. The van der Waals surface area contributed by atoms with Gasteiger partial charge in [0, 0.05) is 18.7 Å². The lowest BCUT2D eigenvalue weighted by atomic mass is 9.98. The maximum absolute atomic E-state index is 13.4. The predicted octanol–water partition coefficient (Wildman–Crippen LogP) is 4.49. The smallest absolute Gasteiger partial charge is 0.290 e. The average molecular weight is 426 g/mol. The Hall–Kier alpha value is -4.26. The summed E-state index contributed by atoms with van der Waals surface area (Å²) in [5.74, 6) is -0.395. The molecule has 1 amide bonds. The number of nitrogens with zero attached hydrogens (tertiary/aromatic N) is 2. The van der Waals surface area contributed by atoms with E-state index in [9.17, 15) is 19.7 Å². The maximum Gasteiger partial charge on any atom is 0.290 e. The summed E-state index contributed by atoms with van der Waals surface area (Å²) in [5.41, 5.74) is 1.71. The molecule has 32 heavy (non-hydrogen) atoms. The third-order valence-corrected chi connectivity index (χ3v) is 5.75. The zero-order chi connectivity index (χ0) is 22.2. The molecule has 158 valence electrons. The van der Waals surface area contributed by atoms with Crippen molar-refractivity contribution in [1.82, 2.24) is 4.90 Å². The molecule has 0 spiro atoms.